The standard InChI is InChI=1S/C22H23N5O4S/c28-27(29)21-14-17(32(30,31)26-10-1-2-11-26)5-6-20(21)25-12-7-16(8-13-25)19-15-24-22-18(19)4-3-9-23-22/h3-7,9,14-15H,1-2,8,10-13H2,(H,23,24). The minimum absolute atomic E-state index is 0.0191. The minimum Gasteiger partial charge on any atom is -0.362 e. The van der Waals surface area contributed by atoms with E-state index in [1.807, 2.05) is 23.2 Å². The van der Waals surface area contributed by atoms with Crippen molar-refractivity contribution in [2.75, 3.05) is 31.1 Å². The molecule has 1 N–H and O–H groups in total. The van der Waals surface area contributed by atoms with Gasteiger partial charge < -0.3 is 9.88 Å². The van der Waals surface area contributed by atoms with Crippen molar-refractivity contribution in [3.05, 3.63) is 64.5 Å². The van der Waals surface area contributed by atoms with Crippen LogP contribution < -0.4 is 4.90 Å². The summed E-state index contributed by atoms with van der Waals surface area (Å²) in [7, 11) is -3.71. The molecule has 4 heterocycles. The number of anilines is 1. The van der Waals surface area contributed by atoms with Crippen molar-refractivity contribution in [1.29, 1.82) is 0 Å². The summed E-state index contributed by atoms with van der Waals surface area (Å²) in [5, 5.41) is 12.9. The number of hydrogen-bond acceptors (Lipinski definition) is 6. The van der Waals surface area contributed by atoms with Crippen LogP contribution in [0.4, 0.5) is 11.4 Å². The fraction of sp³-hybridized carbons (Fsp3) is 0.318. The normalized spacial score (nSPS) is 17.6. The zero-order valence-corrected chi connectivity index (χ0v) is 18.2. The van der Waals surface area contributed by atoms with Gasteiger partial charge in [-0.15, -0.1) is 0 Å². The molecule has 166 valence electrons. The predicted molar refractivity (Wildman–Crippen MR) is 122 cm³/mol. The lowest BCUT2D eigenvalue weighted by Crippen LogP contribution is -2.30. The fourth-order valence-corrected chi connectivity index (χ4v) is 6.05. The second-order valence-corrected chi connectivity index (χ2v) is 9.98. The Morgan fingerprint density at radius 2 is 1.94 bits per heavy atom. The number of nitro benzene ring substituents is 1. The van der Waals surface area contributed by atoms with Gasteiger partial charge in [0.15, 0.2) is 0 Å². The summed E-state index contributed by atoms with van der Waals surface area (Å²) in [6, 6.07) is 8.17. The summed E-state index contributed by atoms with van der Waals surface area (Å²) in [4.78, 5) is 20.7. The second kappa shape index (κ2) is 8.03. The Morgan fingerprint density at radius 1 is 1.12 bits per heavy atom. The largest absolute Gasteiger partial charge is 0.362 e. The monoisotopic (exact) mass is 453 g/mol. The number of H-pyrrole nitrogens is 1. The van der Waals surface area contributed by atoms with Crippen LogP contribution >= 0.6 is 0 Å². The van der Waals surface area contributed by atoms with Crippen LogP contribution in [0.15, 0.2) is 53.7 Å². The SMILES string of the molecule is O=[N+]([O-])c1cc(S(=O)(=O)N2CCCC2)ccc1N1CC=C(c2c[nH]c3ncccc23)CC1. The molecule has 2 aliphatic heterocycles. The van der Waals surface area contributed by atoms with Gasteiger partial charge in [-0.25, -0.2) is 13.4 Å². The molecule has 0 bridgehead atoms. The van der Waals surface area contributed by atoms with E-state index in [9.17, 15) is 18.5 Å². The van der Waals surface area contributed by atoms with Crippen LogP contribution in [0.2, 0.25) is 0 Å². The van der Waals surface area contributed by atoms with E-state index in [4.69, 9.17) is 0 Å². The highest BCUT2D eigenvalue weighted by molar-refractivity contribution is 7.89. The molecule has 9 nitrogen and oxygen atoms in total. The Labute approximate surface area is 185 Å². The van der Waals surface area contributed by atoms with Gasteiger partial charge in [0.2, 0.25) is 10.0 Å². The average molecular weight is 454 g/mol. The molecule has 1 saturated heterocycles. The molecule has 0 spiro atoms. The molecule has 0 radical (unpaired) electrons. The van der Waals surface area contributed by atoms with E-state index < -0.39 is 14.9 Å². The number of pyridine rings is 1. The quantitative estimate of drug-likeness (QED) is 0.467. The van der Waals surface area contributed by atoms with Crippen molar-refractivity contribution in [2.24, 2.45) is 0 Å². The number of benzene rings is 1. The number of aromatic amines is 1. The molecule has 0 amide bonds. The van der Waals surface area contributed by atoms with Gasteiger partial charge in [0.05, 0.1) is 9.82 Å². The van der Waals surface area contributed by atoms with Crippen LogP contribution in [-0.4, -0.2) is 53.8 Å². The maximum Gasteiger partial charge on any atom is 0.293 e. The van der Waals surface area contributed by atoms with E-state index in [2.05, 4.69) is 16.0 Å². The number of rotatable bonds is 5. The third kappa shape index (κ3) is 3.55. The summed E-state index contributed by atoms with van der Waals surface area (Å²) in [5.41, 5.74) is 3.34. The summed E-state index contributed by atoms with van der Waals surface area (Å²) >= 11 is 0. The highest BCUT2D eigenvalue weighted by atomic mass is 32.2. The van der Waals surface area contributed by atoms with Gasteiger partial charge in [-0.3, -0.25) is 10.1 Å². The zero-order valence-electron chi connectivity index (χ0n) is 17.4. The smallest absolute Gasteiger partial charge is 0.293 e. The van der Waals surface area contributed by atoms with E-state index >= 15 is 0 Å². The van der Waals surface area contributed by atoms with E-state index in [0.29, 0.717) is 38.3 Å². The Bertz CT molecular complexity index is 1330. The summed E-state index contributed by atoms with van der Waals surface area (Å²) in [6.45, 7) is 2.01. The second-order valence-electron chi connectivity index (χ2n) is 8.05. The van der Waals surface area contributed by atoms with Gasteiger partial charge in [-0.05, 0) is 49.1 Å². The first-order chi connectivity index (χ1) is 15.4. The Balaban J connectivity index is 1.43. The predicted octanol–water partition coefficient (Wildman–Crippen LogP) is 3.55. The molecule has 0 atom stereocenters. The number of hydrogen-bond donors (Lipinski definition) is 1. The third-order valence-electron chi connectivity index (χ3n) is 6.19. The molecule has 1 fully saturated rings. The maximum atomic E-state index is 12.9. The Kier molecular flexibility index (Phi) is 5.18. The molecule has 1 aromatic carbocycles. The minimum atomic E-state index is -3.71. The van der Waals surface area contributed by atoms with E-state index in [0.717, 1.165) is 35.0 Å². The topological polar surface area (TPSA) is 112 Å². The van der Waals surface area contributed by atoms with Gasteiger partial charge in [-0.2, -0.15) is 4.31 Å². The number of fused-ring (bicyclic) bond motifs is 1. The van der Waals surface area contributed by atoms with E-state index in [1.54, 1.807) is 12.3 Å². The maximum absolute atomic E-state index is 12.9. The highest BCUT2D eigenvalue weighted by Gasteiger charge is 2.30. The van der Waals surface area contributed by atoms with E-state index in [1.165, 1.54) is 16.4 Å². The molecular formula is C22H23N5O4S. The summed E-state index contributed by atoms with van der Waals surface area (Å²) in [6.07, 6.45) is 8.10. The van der Waals surface area contributed by atoms with Crippen molar-refractivity contribution >= 4 is 38.0 Å². The molecule has 32 heavy (non-hydrogen) atoms. The number of nitro groups is 1. The third-order valence-corrected chi connectivity index (χ3v) is 8.09. The first-order valence-corrected chi connectivity index (χ1v) is 12.0. The Morgan fingerprint density at radius 3 is 2.66 bits per heavy atom. The van der Waals surface area contributed by atoms with Crippen LogP contribution in [0.5, 0.6) is 0 Å². The van der Waals surface area contributed by atoms with Crippen molar-refractivity contribution in [1.82, 2.24) is 14.3 Å². The van der Waals surface area contributed by atoms with Crippen LogP contribution in [0.3, 0.4) is 0 Å². The van der Waals surface area contributed by atoms with Crippen LogP contribution in [0, 0.1) is 10.1 Å². The van der Waals surface area contributed by atoms with Crippen LogP contribution in [0.25, 0.3) is 16.6 Å². The number of aromatic nitrogens is 2. The Hall–Kier alpha value is -3.24. The molecule has 2 aliphatic rings. The first-order valence-electron chi connectivity index (χ1n) is 10.6. The molecule has 10 heteroatoms. The van der Waals surface area contributed by atoms with Gasteiger partial charge in [0, 0.05) is 55.6 Å². The fourth-order valence-electron chi connectivity index (χ4n) is 4.51. The summed E-state index contributed by atoms with van der Waals surface area (Å²) < 4.78 is 27.1. The molecule has 5 rings (SSSR count). The molecule has 0 unspecified atom stereocenters. The molecule has 3 aromatic rings. The molecule has 0 saturated carbocycles. The molecular weight excluding hydrogens is 430 g/mol. The number of nitrogens with one attached hydrogen (secondary N) is 1. The van der Waals surface area contributed by atoms with Gasteiger partial charge in [-0.1, -0.05) is 6.08 Å². The highest BCUT2D eigenvalue weighted by Crippen LogP contribution is 2.36. The number of sulfonamides is 1. The van der Waals surface area contributed by atoms with Crippen molar-refractivity contribution in [3.63, 3.8) is 0 Å². The van der Waals surface area contributed by atoms with Crippen LogP contribution in [-0.2, 0) is 10.0 Å². The van der Waals surface area contributed by atoms with Crippen molar-refractivity contribution in [3.8, 4) is 0 Å². The van der Waals surface area contributed by atoms with Gasteiger partial charge >= 0.3 is 0 Å². The van der Waals surface area contributed by atoms with Gasteiger partial charge in [0.1, 0.15) is 11.3 Å². The average Bonchev–Trinajstić information content (AvgIpc) is 3.49. The van der Waals surface area contributed by atoms with Crippen molar-refractivity contribution in [2.45, 2.75) is 24.2 Å². The zero-order chi connectivity index (χ0) is 22.3. The summed E-state index contributed by atoms with van der Waals surface area (Å²) in [5.74, 6) is 0. The number of nitrogens with zero attached hydrogens (tertiary/aromatic N) is 4. The first kappa shape index (κ1) is 20.7. The lowest BCUT2D eigenvalue weighted by molar-refractivity contribution is -0.384. The van der Waals surface area contributed by atoms with Gasteiger partial charge in [0.25, 0.3) is 5.69 Å². The van der Waals surface area contributed by atoms with Crippen molar-refractivity contribution < 1.29 is 13.3 Å². The molecule has 0 aliphatic carbocycles. The lowest BCUT2D eigenvalue weighted by Gasteiger charge is -2.28. The van der Waals surface area contributed by atoms with E-state index in [-0.39, 0.29) is 10.6 Å². The molecule has 2 aromatic heterocycles. The van der Waals surface area contributed by atoms with Crippen LogP contribution in [0.1, 0.15) is 24.8 Å². The lowest BCUT2D eigenvalue weighted by atomic mass is 9.99.